The summed E-state index contributed by atoms with van der Waals surface area (Å²) in [5.41, 5.74) is 0.117. The van der Waals surface area contributed by atoms with Gasteiger partial charge in [0.1, 0.15) is 0 Å². The summed E-state index contributed by atoms with van der Waals surface area (Å²) in [5, 5.41) is 0. The van der Waals surface area contributed by atoms with E-state index in [1.54, 1.807) is 0 Å². The third-order valence-electron chi connectivity index (χ3n) is 1.76. The molecule has 1 aromatic carbocycles. The van der Waals surface area contributed by atoms with Gasteiger partial charge in [-0.3, -0.25) is 4.18 Å². The summed E-state index contributed by atoms with van der Waals surface area (Å²) >= 11 is 0. The molecule has 0 fully saturated rings. The fourth-order valence-corrected chi connectivity index (χ4v) is 1.42. The molecule has 0 unspecified atom stereocenters. The first kappa shape index (κ1) is 12.9. The highest BCUT2D eigenvalue weighted by molar-refractivity contribution is 7.85. The zero-order chi connectivity index (χ0) is 12.3. The zero-order valence-electron chi connectivity index (χ0n) is 8.66. The molecule has 16 heavy (non-hydrogen) atoms. The van der Waals surface area contributed by atoms with Crippen molar-refractivity contribution in [1.29, 1.82) is 0 Å². The van der Waals surface area contributed by atoms with Crippen LogP contribution in [0.1, 0.15) is 5.56 Å². The standard InChI is InChI=1S/C9H10F2O4S/c1-14-9-6(5-15-16(2,12)13)3-4-7(10)8(9)11/h3-4H,5H2,1-2H3. The Balaban J connectivity index is 3.01. The van der Waals surface area contributed by atoms with Gasteiger partial charge in [-0.25, -0.2) is 4.39 Å². The Bertz CT molecular complexity index is 485. The summed E-state index contributed by atoms with van der Waals surface area (Å²) in [6.07, 6.45) is 0.860. The molecular formula is C9H10F2O4S. The van der Waals surface area contributed by atoms with Crippen LogP contribution < -0.4 is 4.74 Å². The molecule has 0 N–H and O–H groups in total. The maximum absolute atomic E-state index is 13.2. The van der Waals surface area contributed by atoms with E-state index in [0.717, 1.165) is 19.4 Å². The molecule has 0 amide bonds. The molecular weight excluding hydrogens is 242 g/mol. The van der Waals surface area contributed by atoms with Gasteiger partial charge in [-0.2, -0.15) is 12.8 Å². The van der Waals surface area contributed by atoms with Crippen LogP contribution in [0.2, 0.25) is 0 Å². The molecule has 1 aromatic rings. The Hall–Kier alpha value is -1.21. The quantitative estimate of drug-likeness (QED) is 0.761. The molecule has 0 bridgehead atoms. The molecule has 0 saturated carbocycles. The number of rotatable bonds is 4. The summed E-state index contributed by atoms with van der Waals surface area (Å²) < 4.78 is 56.5. The van der Waals surface area contributed by atoms with E-state index in [-0.39, 0.29) is 11.3 Å². The molecule has 0 aliphatic carbocycles. The van der Waals surface area contributed by atoms with E-state index in [4.69, 9.17) is 0 Å². The number of hydrogen-bond acceptors (Lipinski definition) is 4. The van der Waals surface area contributed by atoms with Crippen molar-refractivity contribution in [2.45, 2.75) is 6.61 Å². The normalized spacial score (nSPS) is 11.5. The smallest absolute Gasteiger partial charge is 0.264 e. The number of benzene rings is 1. The highest BCUT2D eigenvalue weighted by atomic mass is 32.2. The number of methoxy groups -OCH3 is 1. The second-order valence-corrected chi connectivity index (χ2v) is 4.66. The zero-order valence-corrected chi connectivity index (χ0v) is 9.48. The Labute approximate surface area is 91.9 Å². The van der Waals surface area contributed by atoms with E-state index in [0.29, 0.717) is 0 Å². The van der Waals surface area contributed by atoms with Gasteiger partial charge in [-0.05, 0) is 12.1 Å². The van der Waals surface area contributed by atoms with Gasteiger partial charge in [0.15, 0.2) is 11.6 Å². The molecule has 0 saturated heterocycles. The largest absolute Gasteiger partial charge is 0.493 e. The number of hydrogen-bond donors (Lipinski definition) is 0. The first-order valence-corrected chi connectivity index (χ1v) is 6.02. The lowest BCUT2D eigenvalue weighted by molar-refractivity contribution is 0.296. The van der Waals surface area contributed by atoms with Crippen LogP contribution in [-0.4, -0.2) is 21.8 Å². The lowest BCUT2D eigenvalue weighted by atomic mass is 10.2. The van der Waals surface area contributed by atoms with Gasteiger partial charge < -0.3 is 4.74 Å². The van der Waals surface area contributed by atoms with Gasteiger partial charge in [-0.15, -0.1) is 0 Å². The topological polar surface area (TPSA) is 52.6 Å². The van der Waals surface area contributed by atoms with Crippen LogP contribution in [0, 0.1) is 11.6 Å². The van der Waals surface area contributed by atoms with Crippen LogP contribution in [0.3, 0.4) is 0 Å². The summed E-state index contributed by atoms with van der Waals surface area (Å²) in [6.45, 7) is -0.404. The summed E-state index contributed by atoms with van der Waals surface area (Å²) in [4.78, 5) is 0. The first-order chi connectivity index (χ1) is 7.35. The molecule has 0 aromatic heterocycles. The first-order valence-electron chi connectivity index (χ1n) is 4.20. The average Bonchev–Trinajstić information content (AvgIpc) is 2.18. The van der Waals surface area contributed by atoms with Crippen molar-refractivity contribution in [3.05, 3.63) is 29.3 Å². The van der Waals surface area contributed by atoms with Gasteiger partial charge in [0, 0.05) is 5.56 Å². The average molecular weight is 252 g/mol. The summed E-state index contributed by atoms with van der Waals surface area (Å²) in [7, 11) is -2.49. The van der Waals surface area contributed by atoms with Crippen LogP contribution >= 0.6 is 0 Å². The molecule has 4 nitrogen and oxygen atoms in total. The van der Waals surface area contributed by atoms with E-state index in [1.807, 2.05) is 0 Å². The van der Waals surface area contributed by atoms with Crippen molar-refractivity contribution in [2.24, 2.45) is 0 Å². The van der Waals surface area contributed by atoms with Crippen molar-refractivity contribution < 1.29 is 26.1 Å². The molecule has 0 radical (unpaired) electrons. The molecule has 0 aliphatic heterocycles. The van der Waals surface area contributed by atoms with E-state index >= 15 is 0 Å². The Morgan fingerprint density at radius 1 is 1.31 bits per heavy atom. The lowest BCUT2D eigenvalue weighted by Gasteiger charge is -2.09. The minimum atomic E-state index is -3.64. The van der Waals surface area contributed by atoms with Crippen LogP contribution in [0.4, 0.5) is 8.78 Å². The van der Waals surface area contributed by atoms with Gasteiger partial charge >= 0.3 is 0 Å². The van der Waals surface area contributed by atoms with E-state index in [1.165, 1.54) is 6.07 Å². The highest BCUT2D eigenvalue weighted by Gasteiger charge is 2.15. The van der Waals surface area contributed by atoms with Crippen molar-refractivity contribution in [1.82, 2.24) is 0 Å². The van der Waals surface area contributed by atoms with Crippen LogP contribution in [0.25, 0.3) is 0 Å². The second-order valence-electron chi connectivity index (χ2n) is 3.02. The predicted molar refractivity (Wildman–Crippen MR) is 52.5 cm³/mol. The van der Waals surface area contributed by atoms with Crippen molar-refractivity contribution >= 4 is 10.1 Å². The predicted octanol–water partition coefficient (Wildman–Crippen LogP) is 1.45. The van der Waals surface area contributed by atoms with Crippen molar-refractivity contribution in [2.75, 3.05) is 13.4 Å². The highest BCUT2D eigenvalue weighted by Crippen LogP contribution is 2.25. The fourth-order valence-electron chi connectivity index (χ4n) is 1.08. The number of halogens is 2. The third kappa shape index (κ3) is 3.14. The van der Waals surface area contributed by atoms with Crippen LogP contribution in [0.5, 0.6) is 5.75 Å². The van der Waals surface area contributed by atoms with E-state index < -0.39 is 28.4 Å². The molecule has 90 valence electrons. The van der Waals surface area contributed by atoms with E-state index in [9.17, 15) is 17.2 Å². The molecule has 7 heteroatoms. The maximum Gasteiger partial charge on any atom is 0.264 e. The Morgan fingerprint density at radius 2 is 1.94 bits per heavy atom. The van der Waals surface area contributed by atoms with Crippen molar-refractivity contribution in [3.8, 4) is 5.75 Å². The van der Waals surface area contributed by atoms with E-state index in [2.05, 4.69) is 8.92 Å². The lowest BCUT2D eigenvalue weighted by Crippen LogP contribution is -2.05. The minimum absolute atomic E-state index is 0.117. The summed E-state index contributed by atoms with van der Waals surface area (Å²) in [6, 6.07) is 2.07. The van der Waals surface area contributed by atoms with Gasteiger partial charge in [0.2, 0.25) is 5.82 Å². The molecule has 0 atom stereocenters. The van der Waals surface area contributed by atoms with Crippen LogP contribution in [0.15, 0.2) is 12.1 Å². The van der Waals surface area contributed by atoms with Gasteiger partial charge in [0.05, 0.1) is 20.0 Å². The second kappa shape index (κ2) is 4.75. The monoisotopic (exact) mass is 252 g/mol. The van der Waals surface area contributed by atoms with Crippen LogP contribution in [-0.2, 0) is 20.9 Å². The summed E-state index contributed by atoms with van der Waals surface area (Å²) in [5.74, 6) is -2.60. The maximum atomic E-state index is 13.2. The molecule has 0 heterocycles. The van der Waals surface area contributed by atoms with Gasteiger partial charge in [-0.1, -0.05) is 0 Å². The minimum Gasteiger partial charge on any atom is -0.493 e. The van der Waals surface area contributed by atoms with Gasteiger partial charge in [0.25, 0.3) is 10.1 Å². The number of ether oxygens (including phenoxy) is 1. The molecule has 1 rings (SSSR count). The Morgan fingerprint density at radius 3 is 2.44 bits per heavy atom. The Kier molecular flexibility index (Phi) is 3.82. The molecule has 0 aliphatic rings. The fraction of sp³-hybridized carbons (Fsp3) is 0.333. The molecule has 0 spiro atoms. The van der Waals surface area contributed by atoms with Crippen molar-refractivity contribution in [3.63, 3.8) is 0 Å². The third-order valence-corrected chi connectivity index (χ3v) is 2.31. The SMILES string of the molecule is COc1c(COS(C)(=O)=O)ccc(F)c1F.